The maximum atomic E-state index is 13.4. The number of carbonyl (C=O) groups is 1. The molecular weight excluding hydrogens is 273 g/mol. The Morgan fingerprint density at radius 1 is 1.38 bits per heavy atom. The highest BCUT2D eigenvalue weighted by Gasteiger charge is 2.15. The van der Waals surface area contributed by atoms with Gasteiger partial charge in [0.05, 0.1) is 18.5 Å². The quantitative estimate of drug-likeness (QED) is 0.846. The highest BCUT2D eigenvalue weighted by molar-refractivity contribution is 5.96. The number of pyridine rings is 1. The number of aromatic nitrogens is 1. The van der Waals surface area contributed by atoms with Gasteiger partial charge in [-0.2, -0.15) is 0 Å². The van der Waals surface area contributed by atoms with E-state index in [2.05, 4.69) is 10.3 Å². The first-order valence-electron chi connectivity index (χ1n) is 6.46. The molecule has 6 heteroatoms. The van der Waals surface area contributed by atoms with Crippen molar-refractivity contribution < 1.29 is 13.9 Å². The summed E-state index contributed by atoms with van der Waals surface area (Å²) in [6.07, 6.45) is 1.41. The molecular formula is C15H16FN3O2. The fourth-order valence-corrected chi connectivity index (χ4v) is 1.89. The van der Waals surface area contributed by atoms with E-state index >= 15 is 0 Å². The lowest BCUT2D eigenvalue weighted by Crippen LogP contribution is -2.10. The molecule has 0 radical (unpaired) electrons. The van der Waals surface area contributed by atoms with Crippen LogP contribution in [-0.2, 0) is 4.74 Å². The van der Waals surface area contributed by atoms with Crippen molar-refractivity contribution in [1.82, 2.24) is 4.98 Å². The van der Waals surface area contributed by atoms with Crippen molar-refractivity contribution in [3.8, 4) is 0 Å². The number of hydrogen-bond acceptors (Lipinski definition) is 5. The molecule has 1 aromatic heterocycles. The third-order valence-electron chi connectivity index (χ3n) is 2.71. The summed E-state index contributed by atoms with van der Waals surface area (Å²) in [5, 5.41) is 2.91. The summed E-state index contributed by atoms with van der Waals surface area (Å²) in [6, 6.07) is 5.95. The minimum atomic E-state index is -0.534. The van der Waals surface area contributed by atoms with Crippen molar-refractivity contribution >= 4 is 23.2 Å². The summed E-state index contributed by atoms with van der Waals surface area (Å²) in [5.74, 6) is -0.633. The van der Waals surface area contributed by atoms with Gasteiger partial charge in [-0.15, -0.1) is 0 Å². The van der Waals surface area contributed by atoms with Crippen LogP contribution in [0.5, 0.6) is 0 Å². The molecule has 0 aliphatic carbocycles. The number of halogens is 1. The molecule has 3 N–H and O–H groups in total. The van der Waals surface area contributed by atoms with Gasteiger partial charge in [0, 0.05) is 5.69 Å². The molecule has 0 fully saturated rings. The zero-order valence-electron chi connectivity index (χ0n) is 11.8. The number of nitrogens with one attached hydrogen (secondary N) is 1. The van der Waals surface area contributed by atoms with Gasteiger partial charge in [-0.05, 0) is 43.7 Å². The van der Waals surface area contributed by atoms with Crippen molar-refractivity contribution in [3.63, 3.8) is 0 Å². The Hall–Kier alpha value is -2.63. The van der Waals surface area contributed by atoms with E-state index in [9.17, 15) is 9.18 Å². The number of carbonyl (C=O) groups excluding carboxylic acids is 1. The van der Waals surface area contributed by atoms with Gasteiger partial charge >= 0.3 is 5.97 Å². The van der Waals surface area contributed by atoms with E-state index in [1.54, 1.807) is 19.9 Å². The molecule has 21 heavy (non-hydrogen) atoms. The van der Waals surface area contributed by atoms with Crippen LogP contribution < -0.4 is 11.1 Å². The summed E-state index contributed by atoms with van der Waals surface area (Å²) in [4.78, 5) is 16.0. The van der Waals surface area contributed by atoms with Crippen LogP contribution in [0.2, 0.25) is 0 Å². The molecule has 2 aromatic rings. The molecule has 0 saturated carbocycles. The third kappa shape index (κ3) is 3.68. The SMILES string of the molecule is CCOC(=O)c1cc(N)cnc1Nc1cc(C)cc(F)c1. The molecule has 2 rings (SSSR count). The van der Waals surface area contributed by atoms with E-state index in [1.165, 1.54) is 24.4 Å². The Kier molecular flexibility index (Phi) is 4.37. The van der Waals surface area contributed by atoms with E-state index in [1.807, 2.05) is 0 Å². The number of benzene rings is 1. The highest BCUT2D eigenvalue weighted by Crippen LogP contribution is 2.23. The number of anilines is 3. The van der Waals surface area contributed by atoms with Crippen LogP contribution in [-0.4, -0.2) is 17.6 Å². The molecule has 0 spiro atoms. The van der Waals surface area contributed by atoms with E-state index in [0.29, 0.717) is 11.4 Å². The Morgan fingerprint density at radius 3 is 2.81 bits per heavy atom. The van der Waals surface area contributed by atoms with E-state index < -0.39 is 5.97 Å². The zero-order chi connectivity index (χ0) is 15.4. The lowest BCUT2D eigenvalue weighted by molar-refractivity contribution is 0.0527. The van der Waals surface area contributed by atoms with Gasteiger partial charge in [0.25, 0.3) is 0 Å². The first-order chi connectivity index (χ1) is 9.99. The molecule has 1 aromatic carbocycles. The van der Waals surface area contributed by atoms with Crippen LogP contribution in [0, 0.1) is 12.7 Å². The Labute approximate surface area is 121 Å². The second-order valence-electron chi connectivity index (χ2n) is 4.53. The van der Waals surface area contributed by atoms with Crippen LogP contribution >= 0.6 is 0 Å². The fraction of sp³-hybridized carbons (Fsp3) is 0.200. The Morgan fingerprint density at radius 2 is 2.14 bits per heavy atom. The number of nitrogens with zero attached hydrogens (tertiary/aromatic N) is 1. The van der Waals surface area contributed by atoms with Crippen molar-refractivity contribution in [2.24, 2.45) is 0 Å². The summed E-state index contributed by atoms with van der Waals surface area (Å²) in [7, 11) is 0. The molecule has 0 aliphatic rings. The van der Waals surface area contributed by atoms with E-state index in [4.69, 9.17) is 10.5 Å². The average Bonchev–Trinajstić information content (AvgIpc) is 2.40. The predicted molar refractivity (Wildman–Crippen MR) is 79.0 cm³/mol. The van der Waals surface area contributed by atoms with Crippen molar-refractivity contribution in [1.29, 1.82) is 0 Å². The van der Waals surface area contributed by atoms with Gasteiger partial charge in [0.2, 0.25) is 0 Å². The summed E-state index contributed by atoms with van der Waals surface area (Å²) in [6.45, 7) is 3.73. The van der Waals surface area contributed by atoms with Gasteiger partial charge in [-0.1, -0.05) is 0 Å². The molecule has 1 heterocycles. The largest absolute Gasteiger partial charge is 0.462 e. The standard InChI is InChI=1S/C15H16FN3O2/c1-3-21-15(20)13-7-11(17)8-18-14(13)19-12-5-9(2)4-10(16)6-12/h4-8H,3,17H2,1-2H3,(H,18,19). The maximum absolute atomic E-state index is 13.4. The molecule has 0 aliphatic heterocycles. The van der Waals surface area contributed by atoms with Gasteiger partial charge in [-0.25, -0.2) is 14.2 Å². The molecule has 110 valence electrons. The molecule has 0 bridgehead atoms. The predicted octanol–water partition coefficient (Wildman–Crippen LogP) is 3.03. The number of nitrogens with two attached hydrogens (primary N) is 1. The number of aryl methyl sites for hydroxylation is 1. The second-order valence-corrected chi connectivity index (χ2v) is 4.53. The molecule has 0 atom stereocenters. The van der Waals surface area contributed by atoms with E-state index in [0.717, 1.165) is 5.56 Å². The fourth-order valence-electron chi connectivity index (χ4n) is 1.89. The number of ether oxygens (including phenoxy) is 1. The molecule has 0 amide bonds. The topological polar surface area (TPSA) is 77.2 Å². The van der Waals surface area contributed by atoms with Crippen LogP contribution in [0.3, 0.4) is 0 Å². The summed E-state index contributed by atoms with van der Waals surface area (Å²) >= 11 is 0. The van der Waals surface area contributed by atoms with Crippen LogP contribution in [0.4, 0.5) is 21.6 Å². The second kappa shape index (κ2) is 6.21. The number of nitrogen functional groups attached to an aromatic ring is 1. The minimum absolute atomic E-state index is 0.207. The Bertz CT molecular complexity index is 654. The maximum Gasteiger partial charge on any atom is 0.341 e. The average molecular weight is 289 g/mol. The monoisotopic (exact) mass is 289 g/mol. The summed E-state index contributed by atoms with van der Waals surface area (Å²) in [5.41, 5.74) is 7.45. The number of esters is 1. The molecule has 0 unspecified atom stereocenters. The van der Waals surface area contributed by atoms with Gasteiger partial charge < -0.3 is 15.8 Å². The zero-order valence-corrected chi connectivity index (χ0v) is 11.8. The van der Waals surface area contributed by atoms with Gasteiger partial charge in [0.1, 0.15) is 17.2 Å². The minimum Gasteiger partial charge on any atom is -0.462 e. The smallest absolute Gasteiger partial charge is 0.341 e. The van der Waals surface area contributed by atoms with Crippen LogP contribution in [0.15, 0.2) is 30.5 Å². The lowest BCUT2D eigenvalue weighted by atomic mass is 10.2. The van der Waals surface area contributed by atoms with E-state index in [-0.39, 0.29) is 23.8 Å². The highest BCUT2D eigenvalue weighted by atomic mass is 19.1. The number of rotatable bonds is 4. The molecule has 0 saturated heterocycles. The Balaban J connectivity index is 2.37. The summed E-state index contributed by atoms with van der Waals surface area (Å²) < 4.78 is 18.4. The normalized spacial score (nSPS) is 10.2. The van der Waals surface area contributed by atoms with Gasteiger partial charge in [0.15, 0.2) is 0 Å². The lowest BCUT2D eigenvalue weighted by Gasteiger charge is -2.11. The van der Waals surface area contributed by atoms with Crippen molar-refractivity contribution in [3.05, 3.63) is 47.4 Å². The van der Waals surface area contributed by atoms with Crippen molar-refractivity contribution in [2.75, 3.05) is 17.7 Å². The van der Waals surface area contributed by atoms with Gasteiger partial charge in [-0.3, -0.25) is 0 Å². The first-order valence-corrected chi connectivity index (χ1v) is 6.46. The first kappa shape index (κ1) is 14.8. The molecule has 5 nitrogen and oxygen atoms in total. The van der Waals surface area contributed by atoms with Crippen LogP contribution in [0.1, 0.15) is 22.8 Å². The van der Waals surface area contributed by atoms with Crippen LogP contribution in [0.25, 0.3) is 0 Å². The van der Waals surface area contributed by atoms with Crippen molar-refractivity contribution in [2.45, 2.75) is 13.8 Å². The number of hydrogen-bond donors (Lipinski definition) is 2. The third-order valence-corrected chi connectivity index (χ3v) is 2.71.